The van der Waals surface area contributed by atoms with E-state index >= 15 is 0 Å². The summed E-state index contributed by atoms with van der Waals surface area (Å²) in [5.41, 5.74) is -0.188. The van der Waals surface area contributed by atoms with Crippen molar-refractivity contribution in [2.75, 3.05) is 13.2 Å². The van der Waals surface area contributed by atoms with Gasteiger partial charge < -0.3 is 10.0 Å². The molecule has 1 aliphatic rings. The van der Waals surface area contributed by atoms with Crippen molar-refractivity contribution in [1.82, 2.24) is 14.5 Å². The third-order valence-electron chi connectivity index (χ3n) is 3.93. The summed E-state index contributed by atoms with van der Waals surface area (Å²) in [7, 11) is 0. The number of fused-ring (bicyclic) bond motifs is 1. The average molecular weight is 307 g/mol. The van der Waals surface area contributed by atoms with Crippen LogP contribution < -0.4 is 5.56 Å². The van der Waals surface area contributed by atoms with E-state index in [1.807, 2.05) is 5.38 Å². The zero-order valence-corrected chi connectivity index (χ0v) is 12.4. The number of amides is 1. The van der Waals surface area contributed by atoms with E-state index in [0.717, 1.165) is 19.3 Å². The van der Waals surface area contributed by atoms with E-state index < -0.39 is 0 Å². The maximum absolute atomic E-state index is 12.4. The molecule has 0 saturated heterocycles. The monoisotopic (exact) mass is 307 g/mol. The van der Waals surface area contributed by atoms with E-state index in [1.165, 1.54) is 22.2 Å². The molecule has 0 bridgehead atoms. The molecule has 2 aromatic heterocycles. The standard InChI is InChI=1S/C14H17N3O3S/c18-6-5-17(10-2-1-3-10)12(19)8-16-9-15-13-11(14(16)20)4-7-21-13/h4,7,9-10,18H,1-3,5-6,8H2. The topological polar surface area (TPSA) is 75.4 Å². The third kappa shape index (κ3) is 2.71. The van der Waals surface area contributed by atoms with Crippen LogP contribution in [0.3, 0.4) is 0 Å². The van der Waals surface area contributed by atoms with Gasteiger partial charge in [-0.2, -0.15) is 0 Å². The second-order valence-electron chi connectivity index (χ2n) is 5.21. The molecule has 7 heteroatoms. The Balaban J connectivity index is 1.81. The second kappa shape index (κ2) is 5.95. The Bertz CT molecular complexity index is 705. The Morgan fingerprint density at radius 2 is 2.33 bits per heavy atom. The Morgan fingerprint density at radius 1 is 1.52 bits per heavy atom. The SMILES string of the molecule is O=C(Cn1cnc2sccc2c1=O)N(CCO)C1CCC1. The van der Waals surface area contributed by atoms with Crippen molar-refractivity contribution in [3.8, 4) is 0 Å². The summed E-state index contributed by atoms with van der Waals surface area (Å²) >= 11 is 1.41. The highest BCUT2D eigenvalue weighted by atomic mass is 32.1. The fraction of sp³-hybridized carbons (Fsp3) is 0.500. The predicted octanol–water partition coefficient (Wildman–Crippen LogP) is 0.831. The number of aromatic nitrogens is 2. The summed E-state index contributed by atoms with van der Waals surface area (Å²) in [4.78, 5) is 31.2. The number of hydrogen-bond acceptors (Lipinski definition) is 5. The minimum absolute atomic E-state index is 0.0197. The van der Waals surface area contributed by atoms with E-state index in [1.54, 1.807) is 11.0 Å². The van der Waals surface area contributed by atoms with Crippen molar-refractivity contribution in [3.05, 3.63) is 28.1 Å². The van der Waals surface area contributed by atoms with Crippen molar-refractivity contribution in [2.45, 2.75) is 31.8 Å². The number of nitrogens with zero attached hydrogens (tertiary/aromatic N) is 3. The fourth-order valence-electron chi connectivity index (χ4n) is 2.56. The number of carbonyl (C=O) groups excluding carboxylic acids is 1. The molecule has 6 nitrogen and oxygen atoms in total. The third-order valence-corrected chi connectivity index (χ3v) is 4.75. The highest BCUT2D eigenvalue weighted by Gasteiger charge is 2.28. The maximum atomic E-state index is 12.4. The van der Waals surface area contributed by atoms with Gasteiger partial charge in [0.15, 0.2) is 0 Å². The van der Waals surface area contributed by atoms with Crippen LogP contribution in [-0.4, -0.2) is 44.7 Å². The lowest BCUT2D eigenvalue weighted by molar-refractivity contribution is -0.136. The van der Waals surface area contributed by atoms with Crippen molar-refractivity contribution < 1.29 is 9.90 Å². The molecule has 112 valence electrons. The van der Waals surface area contributed by atoms with Crippen LogP contribution in [0.15, 0.2) is 22.6 Å². The first-order chi connectivity index (χ1) is 10.2. The van der Waals surface area contributed by atoms with Crippen LogP contribution in [0.5, 0.6) is 0 Å². The van der Waals surface area contributed by atoms with Gasteiger partial charge in [0.25, 0.3) is 5.56 Å². The van der Waals surface area contributed by atoms with E-state index in [-0.39, 0.29) is 30.7 Å². The average Bonchev–Trinajstić information content (AvgIpc) is 2.88. The molecule has 1 saturated carbocycles. The molecule has 0 aromatic carbocycles. The van der Waals surface area contributed by atoms with Crippen molar-refractivity contribution in [3.63, 3.8) is 0 Å². The quantitative estimate of drug-likeness (QED) is 0.888. The number of aliphatic hydroxyl groups excluding tert-OH is 1. The lowest BCUT2D eigenvalue weighted by atomic mass is 9.91. The molecule has 0 spiro atoms. The van der Waals surface area contributed by atoms with Crippen LogP contribution in [0.4, 0.5) is 0 Å². The smallest absolute Gasteiger partial charge is 0.262 e. The highest BCUT2D eigenvalue weighted by Crippen LogP contribution is 2.24. The maximum Gasteiger partial charge on any atom is 0.262 e. The molecule has 1 amide bonds. The van der Waals surface area contributed by atoms with Gasteiger partial charge in [-0.3, -0.25) is 14.2 Å². The molecular weight excluding hydrogens is 290 g/mol. The molecule has 0 radical (unpaired) electrons. The van der Waals surface area contributed by atoms with Gasteiger partial charge >= 0.3 is 0 Å². The number of thiophene rings is 1. The Labute approximate surface area is 125 Å². The molecule has 1 N–H and O–H groups in total. The van der Waals surface area contributed by atoms with E-state index in [2.05, 4.69) is 4.98 Å². The van der Waals surface area contributed by atoms with Crippen LogP contribution in [0.1, 0.15) is 19.3 Å². The summed E-state index contributed by atoms with van der Waals surface area (Å²) in [6.45, 7) is 0.249. The van der Waals surface area contributed by atoms with Crippen LogP contribution in [0.25, 0.3) is 10.2 Å². The van der Waals surface area contributed by atoms with E-state index in [9.17, 15) is 9.59 Å². The summed E-state index contributed by atoms with van der Waals surface area (Å²) in [5.74, 6) is -0.132. The molecule has 21 heavy (non-hydrogen) atoms. The molecule has 0 unspecified atom stereocenters. The molecule has 2 heterocycles. The minimum Gasteiger partial charge on any atom is -0.395 e. The highest BCUT2D eigenvalue weighted by molar-refractivity contribution is 7.16. The number of hydrogen-bond donors (Lipinski definition) is 1. The summed E-state index contributed by atoms with van der Waals surface area (Å²) < 4.78 is 1.35. The van der Waals surface area contributed by atoms with Gasteiger partial charge in [0.2, 0.25) is 5.91 Å². The minimum atomic E-state index is -0.188. The number of carbonyl (C=O) groups is 1. The number of aliphatic hydroxyl groups is 1. The molecular formula is C14H17N3O3S. The summed E-state index contributed by atoms with van der Waals surface area (Å²) in [6, 6.07) is 1.94. The fourth-order valence-corrected chi connectivity index (χ4v) is 3.28. The zero-order chi connectivity index (χ0) is 14.8. The van der Waals surface area contributed by atoms with Gasteiger partial charge in [0.05, 0.1) is 18.3 Å². The largest absolute Gasteiger partial charge is 0.395 e. The molecule has 2 aromatic rings. The van der Waals surface area contributed by atoms with Crippen molar-refractivity contribution in [1.29, 1.82) is 0 Å². The molecule has 0 aliphatic heterocycles. The number of rotatable bonds is 5. The molecule has 1 aliphatic carbocycles. The van der Waals surface area contributed by atoms with Crippen molar-refractivity contribution in [2.24, 2.45) is 0 Å². The predicted molar refractivity (Wildman–Crippen MR) is 80.3 cm³/mol. The van der Waals surface area contributed by atoms with Gasteiger partial charge in [0.1, 0.15) is 11.4 Å². The van der Waals surface area contributed by atoms with Gasteiger partial charge in [-0.05, 0) is 30.7 Å². The first-order valence-corrected chi connectivity index (χ1v) is 7.91. The lowest BCUT2D eigenvalue weighted by Crippen LogP contribution is -2.47. The normalized spacial score (nSPS) is 15.1. The molecule has 3 rings (SSSR count). The second-order valence-corrected chi connectivity index (χ2v) is 6.11. The van der Waals surface area contributed by atoms with E-state index in [4.69, 9.17) is 5.11 Å². The first kappa shape index (κ1) is 14.2. The zero-order valence-electron chi connectivity index (χ0n) is 11.6. The Hall–Kier alpha value is -1.73. The van der Waals surface area contributed by atoms with Gasteiger partial charge in [-0.1, -0.05) is 0 Å². The lowest BCUT2D eigenvalue weighted by Gasteiger charge is -2.37. The first-order valence-electron chi connectivity index (χ1n) is 7.03. The molecule has 1 fully saturated rings. The van der Waals surface area contributed by atoms with Gasteiger partial charge in [-0.25, -0.2) is 4.98 Å². The van der Waals surface area contributed by atoms with Crippen LogP contribution in [-0.2, 0) is 11.3 Å². The van der Waals surface area contributed by atoms with Gasteiger partial charge in [-0.15, -0.1) is 11.3 Å². The van der Waals surface area contributed by atoms with Crippen molar-refractivity contribution >= 4 is 27.5 Å². The summed E-state index contributed by atoms with van der Waals surface area (Å²) in [5, 5.41) is 11.5. The van der Waals surface area contributed by atoms with Crippen LogP contribution >= 0.6 is 11.3 Å². The molecule has 0 atom stereocenters. The Morgan fingerprint density at radius 3 is 3.00 bits per heavy atom. The summed E-state index contributed by atoms with van der Waals surface area (Å²) in [6.07, 6.45) is 4.49. The van der Waals surface area contributed by atoms with E-state index in [0.29, 0.717) is 16.8 Å². The van der Waals surface area contributed by atoms with Crippen LogP contribution in [0, 0.1) is 0 Å². The van der Waals surface area contributed by atoms with Crippen LogP contribution in [0.2, 0.25) is 0 Å². The Kier molecular flexibility index (Phi) is 4.03. The van der Waals surface area contributed by atoms with Gasteiger partial charge in [0, 0.05) is 12.6 Å².